The van der Waals surface area contributed by atoms with Crippen molar-refractivity contribution < 1.29 is 0 Å². The van der Waals surface area contributed by atoms with E-state index in [-0.39, 0.29) is 0 Å². The van der Waals surface area contributed by atoms with Crippen LogP contribution in [0.15, 0.2) is 12.3 Å². The van der Waals surface area contributed by atoms with Crippen molar-refractivity contribution in [3.63, 3.8) is 0 Å². The predicted molar refractivity (Wildman–Crippen MR) is 90.8 cm³/mol. The van der Waals surface area contributed by atoms with Crippen molar-refractivity contribution in [2.45, 2.75) is 78.4 Å². The summed E-state index contributed by atoms with van der Waals surface area (Å²) in [5.41, 5.74) is 2.61. The highest BCUT2D eigenvalue weighted by molar-refractivity contribution is 5.48. The lowest BCUT2D eigenvalue weighted by Gasteiger charge is -2.29. The van der Waals surface area contributed by atoms with Crippen molar-refractivity contribution in [2.24, 2.45) is 0 Å². The summed E-state index contributed by atoms with van der Waals surface area (Å²) < 4.78 is 0. The van der Waals surface area contributed by atoms with Crippen LogP contribution in [-0.2, 0) is 6.54 Å². The van der Waals surface area contributed by atoms with Crippen molar-refractivity contribution in [2.75, 3.05) is 11.4 Å². The minimum atomic E-state index is 0.503. The molecule has 0 saturated heterocycles. The first-order chi connectivity index (χ1) is 10.1. The number of aryl methyl sites for hydroxylation is 1. The SMILES string of the molecule is CCCCCN(c1ncc(CNC2CC2)cc1C)C(C)C. The fraction of sp³-hybridized carbons (Fsp3) is 0.722. The van der Waals surface area contributed by atoms with Crippen LogP contribution in [0.4, 0.5) is 5.82 Å². The zero-order valence-electron chi connectivity index (χ0n) is 14.2. The van der Waals surface area contributed by atoms with E-state index in [0.29, 0.717) is 6.04 Å². The summed E-state index contributed by atoms with van der Waals surface area (Å²) in [4.78, 5) is 7.21. The number of nitrogens with zero attached hydrogens (tertiary/aromatic N) is 2. The van der Waals surface area contributed by atoms with Gasteiger partial charge < -0.3 is 10.2 Å². The van der Waals surface area contributed by atoms with E-state index in [1.54, 1.807) is 0 Å². The van der Waals surface area contributed by atoms with Crippen LogP contribution in [0, 0.1) is 6.92 Å². The number of pyridine rings is 1. The number of hydrogen-bond acceptors (Lipinski definition) is 3. The third-order valence-corrected chi connectivity index (χ3v) is 4.18. The van der Waals surface area contributed by atoms with Gasteiger partial charge in [-0.2, -0.15) is 0 Å². The highest BCUT2D eigenvalue weighted by atomic mass is 15.2. The highest BCUT2D eigenvalue weighted by Crippen LogP contribution is 2.22. The van der Waals surface area contributed by atoms with Crippen molar-refractivity contribution in [1.82, 2.24) is 10.3 Å². The van der Waals surface area contributed by atoms with E-state index < -0.39 is 0 Å². The molecule has 21 heavy (non-hydrogen) atoms. The molecule has 0 atom stereocenters. The molecule has 3 heteroatoms. The molecule has 3 nitrogen and oxygen atoms in total. The standard InChI is InChI=1S/C18H31N3/c1-5-6-7-10-21(14(2)3)18-15(4)11-16(13-20-18)12-19-17-8-9-17/h11,13-14,17,19H,5-10,12H2,1-4H3. The average Bonchev–Trinajstić information content (AvgIpc) is 3.26. The summed E-state index contributed by atoms with van der Waals surface area (Å²) in [7, 11) is 0. The topological polar surface area (TPSA) is 28.2 Å². The van der Waals surface area contributed by atoms with Gasteiger partial charge in [-0.05, 0) is 57.2 Å². The molecule has 0 bridgehead atoms. The van der Waals surface area contributed by atoms with E-state index >= 15 is 0 Å². The van der Waals surface area contributed by atoms with Crippen LogP contribution in [0.3, 0.4) is 0 Å². The van der Waals surface area contributed by atoms with Gasteiger partial charge in [0.25, 0.3) is 0 Å². The fourth-order valence-electron chi connectivity index (χ4n) is 2.71. The van der Waals surface area contributed by atoms with Crippen molar-refractivity contribution in [3.05, 3.63) is 23.4 Å². The van der Waals surface area contributed by atoms with Gasteiger partial charge in [-0.1, -0.05) is 19.8 Å². The molecule has 118 valence electrons. The Kier molecular flexibility index (Phi) is 6.04. The van der Waals surface area contributed by atoms with Gasteiger partial charge in [0.05, 0.1) is 0 Å². The molecule has 2 rings (SSSR count). The monoisotopic (exact) mass is 289 g/mol. The Morgan fingerprint density at radius 2 is 2.10 bits per heavy atom. The molecule has 1 aromatic heterocycles. The average molecular weight is 289 g/mol. The molecular weight excluding hydrogens is 258 g/mol. The zero-order valence-corrected chi connectivity index (χ0v) is 14.2. The van der Waals surface area contributed by atoms with Crippen LogP contribution < -0.4 is 10.2 Å². The summed E-state index contributed by atoms with van der Waals surface area (Å²) in [5.74, 6) is 1.16. The number of nitrogens with one attached hydrogen (secondary N) is 1. The van der Waals surface area contributed by atoms with Gasteiger partial charge in [-0.3, -0.25) is 0 Å². The number of unbranched alkanes of at least 4 members (excludes halogenated alkanes) is 2. The molecule has 1 aromatic rings. The van der Waals surface area contributed by atoms with Crippen molar-refractivity contribution >= 4 is 5.82 Å². The Hall–Kier alpha value is -1.09. The first-order valence-corrected chi connectivity index (χ1v) is 8.57. The van der Waals surface area contributed by atoms with Crippen LogP contribution in [0.2, 0.25) is 0 Å². The molecule has 0 radical (unpaired) electrons. The Morgan fingerprint density at radius 3 is 2.67 bits per heavy atom. The Balaban J connectivity index is 2.01. The third kappa shape index (κ3) is 4.99. The number of aromatic nitrogens is 1. The van der Waals surface area contributed by atoms with E-state index in [1.165, 1.54) is 43.2 Å². The molecule has 0 aromatic carbocycles. The molecule has 1 N–H and O–H groups in total. The maximum Gasteiger partial charge on any atom is 0.131 e. The van der Waals surface area contributed by atoms with Gasteiger partial charge in [0, 0.05) is 31.4 Å². The summed E-state index contributed by atoms with van der Waals surface area (Å²) in [6, 6.07) is 3.56. The minimum absolute atomic E-state index is 0.503. The highest BCUT2D eigenvalue weighted by Gasteiger charge is 2.20. The van der Waals surface area contributed by atoms with Crippen LogP contribution in [0.25, 0.3) is 0 Å². The molecule has 1 aliphatic carbocycles. The lowest BCUT2D eigenvalue weighted by Crippen LogP contribution is -2.33. The van der Waals surface area contributed by atoms with E-state index in [0.717, 1.165) is 24.9 Å². The maximum absolute atomic E-state index is 4.76. The second-order valence-electron chi connectivity index (χ2n) is 6.63. The number of anilines is 1. The second kappa shape index (κ2) is 7.79. The fourth-order valence-corrected chi connectivity index (χ4v) is 2.71. The second-order valence-corrected chi connectivity index (χ2v) is 6.63. The Morgan fingerprint density at radius 1 is 1.33 bits per heavy atom. The lowest BCUT2D eigenvalue weighted by molar-refractivity contribution is 0.617. The van der Waals surface area contributed by atoms with Crippen LogP contribution in [0.1, 0.15) is 64.0 Å². The van der Waals surface area contributed by atoms with Crippen molar-refractivity contribution in [1.29, 1.82) is 0 Å². The minimum Gasteiger partial charge on any atom is -0.354 e. The van der Waals surface area contributed by atoms with E-state index in [2.05, 4.69) is 44.0 Å². The Labute approximate surface area is 130 Å². The summed E-state index contributed by atoms with van der Waals surface area (Å²) in [6.07, 6.45) is 8.54. The third-order valence-electron chi connectivity index (χ3n) is 4.18. The molecule has 1 fully saturated rings. The van der Waals surface area contributed by atoms with Crippen LogP contribution in [0.5, 0.6) is 0 Å². The quantitative estimate of drug-likeness (QED) is 0.695. The van der Waals surface area contributed by atoms with E-state index in [1.807, 2.05) is 6.20 Å². The predicted octanol–water partition coefficient (Wildman–Crippen LogP) is 4.05. The summed E-state index contributed by atoms with van der Waals surface area (Å²) >= 11 is 0. The first kappa shape index (κ1) is 16.3. The number of hydrogen-bond donors (Lipinski definition) is 1. The lowest BCUT2D eigenvalue weighted by atomic mass is 10.1. The molecule has 1 saturated carbocycles. The largest absolute Gasteiger partial charge is 0.354 e. The van der Waals surface area contributed by atoms with Gasteiger partial charge in [0.1, 0.15) is 5.82 Å². The van der Waals surface area contributed by atoms with Gasteiger partial charge in [-0.15, -0.1) is 0 Å². The summed E-state index contributed by atoms with van der Waals surface area (Å²) in [5, 5.41) is 3.56. The van der Waals surface area contributed by atoms with Gasteiger partial charge in [0.2, 0.25) is 0 Å². The van der Waals surface area contributed by atoms with Crippen LogP contribution >= 0.6 is 0 Å². The Bertz CT molecular complexity index is 438. The molecule has 0 aliphatic heterocycles. The van der Waals surface area contributed by atoms with Crippen molar-refractivity contribution in [3.8, 4) is 0 Å². The van der Waals surface area contributed by atoms with E-state index in [4.69, 9.17) is 4.98 Å². The normalized spacial score (nSPS) is 14.7. The van der Waals surface area contributed by atoms with Gasteiger partial charge in [-0.25, -0.2) is 4.98 Å². The van der Waals surface area contributed by atoms with Gasteiger partial charge >= 0.3 is 0 Å². The first-order valence-electron chi connectivity index (χ1n) is 8.57. The molecule has 1 aliphatic rings. The zero-order chi connectivity index (χ0) is 15.2. The van der Waals surface area contributed by atoms with E-state index in [9.17, 15) is 0 Å². The summed E-state index contributed by atoms with van der Waals surface area (Å²) in [6.45, 7) is 11.0. The van der Waals surface area contributed by atoms with Crippen LogP contribution in [-0.4, -0.2) is 23.6 Å². The maximum atomic E-state index is 4.76. The number of rotatable bonds is 9. The molecule has 0 spiro atoms. The molecule has 0 unspecified atom stereocenters. The smallest absolute Gasteiger partial charge is 0.131 e. The molecule has 1 heterocycles. The molecular formula is C18H31N3. The molecule has 0 amide bonds. The van der Waals surface area contributed by atoms with Gasteiger partial charge in [0.15, 0.2) is 0 Å².